The zero-order chi connectivity index (χ0) is 16.2. The third kappa shape index (κ3) is 3.63. The number of hydrazine groups is 2. The molecule has 0 saturated carbocycles. The predicted molar refractivity (Wildman–Crippen MR) is 83.6 cm³/mol. The highest BCUT2D eigenvalue weighted by atomic mass is 16.7. The van der Waals surface area contributed by atoms with Gasteiger partial charge >= 0.3 is 0 Å². The Morgan fingerprint density at radius 2 is 1.96 bits per heavy atom. The molecule has 23 heavy (non-hydrogen) atoms. The van der Waals surface area contributed by atoms with E-state index in [1.54, 1.807) is 21.3 Å². The van der Waals surface area contributed by atoms with Gasteiger partial charge in [-0.05, 0) is 42.8 Å². The van der Waals surface area contributed by atoms with Crippen LogP contribution in [0.5, 0.6) is 0 Å². The van der Waals surface area contributed by atoms with Crippen molar-refractivity contribution in [3.63, 3.8) is 0 Å². The summed E-state index contributed by atoms with van der Waals surface area (Å²) >= 11 is 0. The molecule has 0 atom stereocenters. The lowest BCUT2D eigenvalue weighted by molar-refractivity contribution is -0.227. The minimum absolute atomic E-state index is 0.524. The van der Waals surface area contributed by atoms with Gasteiger partial charge in [-0.1, -0.05) is 22.3 Å². The van der Waals surface area contributed by atoms with Gasteiger partial charge in [0.1, 0.15) is 6.33 Å². The van der Waals surface area contributed by atoms with Crippen LogP contribution in [0.25, 0.3) is 0 Å². The quantitative estimate of drug-likeness (QED) is 0.783. The van der Waals surface area contributed by atoms with Crippen LogP contribution < -0.4 is 5.53 Å². The normalized spacial score (nSPS) is 14.9. The predicted octanol–water partition coefficient (Wildman–Crippen LogP) is 0.640. The maximum atomic E-state index is 5.84. The van der Waals surface area contributed by atoms with Crippen molar-refractivity contribution in [3.05, 3.63) is 41.2 Å². The average Bonchev–Trinajstić information content (AvgIpc) is 3.13. The van der Waals surface area contributed by atoms with Crippen molar-refractivity contribution >= 4 is 5.84 Å². The topological polar surface area (TPSA) is 83.7 Å². The molecule has 1 aliphatic rings. The molecule has 2 aromatic rings. The number of aryl methyl sites for hydroxylation is 3. The summed E-state index contributed by atoms with van der Waals surface area (Å²) in [4.78, 5) is 5.84. The minimum atomic E-state index is 0.524. The number of rotatable bonds is 6. The summed E-state index contributed by atoms with van der Waals surface area (Å²) < 4.78 is 1.67. The van der Waals surface area contributed by atoms with E-state index < -0.39 is 0 Å². The van der Waals surface area contributed by atoms with Gasteiger partial charge in [-0.2, -0.15) is 0 Å². The Hall–Kier alpha value is -2.52. The summed E-state index contributed by atoms with van der Waals surface area (Å²) in [7, 11) is 1.85. The number of amidine groups is 1. The molecule has 0 spiro atoms. The molecule has 1 aromatic carbocycles. The van der Waals surface area contributed by atoms with Crippen LogP contribution in [0.3, 0.4) is 0 Å². The molecule has 0 unspecified atom stereocenters. The van der Waals surface area contributed by atoms with Crippen LogP contribution in [-0.4, -0.2) is 50.0 Å². The van der Waals surface area contributed by atoms with Crippen molar-refractivity contribution in [1.29, 1.82) is 0 Å². The van der Waals surface area contributed by atoms with Crippen LogP contribution in [0.4, 0.5) is 0 Å². The number of hydrogen-bond acceptors (Lipinski definition) is 8. The Balaban J connectivity index is 1.61. The lowest BCUT2D eigenvalue weighted by Crippen LogP contribution is -2.43. The van der Waals surface area contributed by atoms with Gasteiger partial charge in [0.15, 0.2) is 0 Å². The van der Waals surface area contributed by atoms with E-state index in [-0.39, 0.29) is 0 Å². The molecule has 0 bridgehead atoms. The van der Waals surface area contributed by atoms with Crippen LogP contribution >= 0.6 is 0 Å². The number of hydroxylamine groups is 1. The first-order valence-electron chi connectivity index (χ1n) is 7.43. The molecule has 122 valence electrons. The molecule has 1 aromatic heterocycles. The zero-order valence-corrected chi connectivity index (χ0v) is 13.5. The molecular formula is C14H20N8O. The first-order valence-corrected chi connectivity index (χ1v) is 7.43. The van der Waals surface area contributed by atoms with Gasteiger partial charge < -0.3 is 0 Å². The maximum absolute atomic E-state index is 5.84. The third-order valence-electron chi connectivity index (χ3n) is 3.37. The Bertz CT molecular complexity index is 664. The fourth-order valence-corrected chi connectivity index (χ4v) is 2.43. The van der Waals surface area contributed by atoms with Gasteiger partial charge in [-0.15, -0.1) is 15.4 Å². The lowest BCUT2D eigenvalue weighted by atomic mass is 10.1. The molecule has 0 saturated heterocycles. The van der Waals surface area contributed by atoms with E-state index in [9.17, 15) is 0 Å². The minimum Gasteiger partial charge on any atom is -0.255 e. The van der Waals surface area contributed by atoms with Gasteiger partial charge in [0.05, 0.1) is 6.61 Å². The third-order valence-corrected chi connectivity index (χ3v) is 3.37. The largest absolute Gasteiger partial charge is 0.255 e. The van der Waals surface area contributed by atoms with Gasteiger partial charge in [0.2, 0.25) is 5.84 Å². The van der Waals surface area contributed by atoms with Crippen molar-refractivity contribution in [2.24, 2.45) is 5.10 Å². The molecule has 2 heterocycles. The Morgan fingerprint density at radius 3 is 2.65 bits per heavy atom. The molecule has 9 heteroatoms. The second kappa shape index (κ2) is 6.71. The van der Waals surface area contributed by atoms with E-state index in [4.69, 9.17) is 4.84 Å². The fourth-order valence-electron chi connectivity index (χ4n) is 2.43. The highest BCUT2D eigenvalue weighted by Gasteiger charge is 2.25. The summed E-state index contributed by atoms with van der Waals surface area (Å²) in [6.45, 7) is 5.37. The Morgan fingerprint density at radius 1 is 1.17 bits per heavy atom. The number of nitrogens with one attached hydrogen (secondary N) is 1. The van der Waals surface area contributed by atoms with Crippen LogP contribution in [0.15, 0.2) is 29.6 Å². The van der Waals surface area contributed by atoms with Crippen molar-refractivity contribution in [1.82, 2.24) is 36.0 Å². The lowest BCUT2D eigenvalue weighted by Gasteiger charge is -2.24. The van der Waals surface area contributed by atoms with E-state index in [0.29, 0.717) is 13.2 Å². The molecule has 9 nitrogen and oxygen atoms in total. The SMILES string of the molecule is Cc1cc(C)cc(C2=NNN(C)N2OCCCn2cnnn2)c1. The molecule has 0 radical (unpaired) electrons. The number of tetrazole rings is 1. The highest BCUT2D eigenvalue weighted by molar-refractivity contribution is 5.98. The number of hydrazone groups is 1. The monoisotopic (exact) mass is 316 g/mol. The Labute approximate surface area is 134 Å². The molecule has 0 fully saturated rings. The highest BCUT2D eigenvalue weighted by Crippen LogP contribution is 2.16. The van der Waals surface area contributed by atoms with Gasteiger partial charge in [-0.25, -0.2) is 10.2 Å². The van der Waals surface area contributed by atoms with Crippen molar-refractivity contribution in [3.8, 4) is 0 Å². The van der Waals surface area contributed by atoms with E-state index >= 15 is 0 Å². The van der Waals surface area contributed by atoms with Gasteiger partial charge in [-0.3, -0.25) is 4.84 Å². The first kappa shape index (κ1) is 15.4. The number of hydrogen-bond donors (Lipinski definition) is 1. The molecule has 1 N–H and O–H groups in total. The summed E-state index contributed by atoms with van der Waals surface area (Å²) in [5.41, 5.74) is 6.29. The van der Waals surface area contributed by atoms with Crippen LogP contribution in [0.2, 0.25) is 0 Å². The fraction of sp³-hybridized carbons (Fsp3) is 0.429. The van der Waals surface area contributed by atoms with Crippen molar-refractivity contribution < 1.29 is 4.84 Å². The number of aromatic nitrogens is 4. The van der Waals surface area contributed by atoms with Crippen LogP contribution in [0, 0.1) is 13.8 Å². The van der Waals surface area contributed by atoms with Gasteiger partial charge in [0.25, 0.3) is 0 Å². The van der Waals surface area contributed by atoms with E-state index in [1.807, 2.05) is 7.05 Å². The van der Waals surface area contributed by atoms with E-state index in [0.717, 1.165) is 17.8 Å². The van der Waals surface area contributed by atoms with Crippen LogP contribution in [-0.2, 0) is 11.4 Å². The second-order valence-corrected chi connectivity index (χ2v) is 5.47. The smallest absolute Gasteiger partial charge is 0.201 e. The maximum Gasteiger partial charge on any atom is 0.201 e. The number of nitrogens with zero attached hydrogens (tertiary/aromatic N) is 7. The first-order chi connectivity index (χ1) is 11.1. The molecule has 1 aliphatic heterocycles. The average molecular weight is 316 g/mol. The molecule has 0 amide bonds. The molecule has 0 aliphatic carbocycles. The van der Waals surface area contributed by atoms with Crippen LogP contribution in [0.1, 0.15) is 23.1 Å². The summed E-state index contributed by atoms with van der Waals surface area (Å²) in [6.07, 6.45) is 2.38. The van der Waals surface area contributed by atoms with E-state index in [1.165, 1.54) is 11.1 Å². The molecular weight excluding hydrogens is 296 g/mol. The standard InChI is InChI=1S/C14H20N8O/c1-11-7-12(2)9-13(8-11)14-16-18-20(3)22(14)23-6-4-5-21-10-15-17-19-21/h7-10,18H,4-6H2,1-3H3. The number of benzene rings is 1. The van der Waals surface area contributed by atoms with Gasteiger partial charge in [0, 0.05) is 19.2 Å². The van der Waals surface area contributed by atoms with E-state index in [2.05, 4.69) is 58.2 Å². The Kier molecular flexibility index (Phi) is 4.49. The zero-order valence-electron chi connectivity index (χ0n) is 13.5. The van der Waals surface area contributed by atoms with Crippen molar-refractivity contribution in [2.75, 3.05) is 13.7 Å². The summed E-state index contributed by atoms with van der Waals surface area (Å²) in [5, 5.41) is 18.7. The summed E-state index contributed by atoms with van der Waals surface area (Å²) in [6, 6.07) is 6.31. The molecule has 3 rings (SSSR count). The second-order valence-electron chi connectivity index (χ2n) is 5.47. The van der Waals surface area contributed by atoms with Crippen molar-refractivity contribution in [2.45, 2.75) is 26.8 Å². The summed E-state index contributed by atoms with van der Waals surface area (Å²) in [5.74, 6) is 0.738.